The maximum atomic E-state index is 13.6. The molecule has 1 atom stereocenters. The predicted octanol–water partition coefficient (Wildman–Crippen LogP) is 3.49. The fourth-order valence-corrected chi connectivity index (χ4v) is 3.21. The van der Waals surface area contributed by atoms with Crippen LogP contribution in [-0.2, 0) is 9.59 Å². The molecule has 1 aromatic heterocycles. The van der Waals surface area contributed by atoms with Crippen LogP contribution in [0.15, 0.2) is 42.7 Å². The lowest BCUT2D eigenvalue weighted by Gasteiger charge is -2.37. The average Bonchev–Trinajstić information content (AvgIpc) is 2.58. The van der Waals surface area contributed by atoms with Crippen LogP contribution in [0, 0.1) is 5.82 Å². The van der Waals surface area contributed by atoms with Gasteiger partial charge < -0.3 is 5.32 Å². The van der Waals surface area contributed by atoms with Crippen molar-refractivity contribution < 1.29 is 22.8 Å². The molecule has 3 rings (SSSR count). The maximum Gasteiger partial charge on any atom is 0.252 e. The van der Waals surface area contributed by atoms with E-state index in [1.54, 1.807) is 12.1 Å². The molecule has 1 saturated carbocycles. The maximum absolute atomic E-state index is 13.6. The Morgan fingerprint density at radius 1 is 1.33 bits per heavy atom. The molecule has 1 aromatic carbocycles. The smallest absolute Gasteiger partial charge is 0.252 e. The first-order valence-electron chi connectivity index (χ1n) is 8.07. The molecule has 2 amide bonds. The normalized spacial score (nSPS) is 16.9. The Morgan fingerprint density at radius 3 is 2.63 bits per heavy atom. The minimum atomic E-state index is -2.81. The van der Waals surface area contributed by atoms with Gasteiger partial charge in [-0.15, -0.1) is 0 Å². The molecule has 0 aliphatic heterocycles. The van der Waals surface area contributed by atoms with Crippen LogP contribution in [0.4, 0.5) is 18.9 Å². The molecule has 2 aromatic rings. The molecule has 1 N–H and O–H groups in total. The fourth-order valence-electron chi connectivity index (χ4n) is 2.97. The van der Waals surface area contributed by atoms with Gasteiger partial charge in [0.2, 0.25) is 12.3 Å². The molecule has 9 heteroatoms. The van der Waals surface area contributed by atoms with Crippen molar-refractivity contribution in [1.29, 1.82) is 0 Å². The number of alkyl halides is 2. The molecule has 27 heavy (non-hydrogen) atoms. The third kappa shape index (κ3) is 4.21. The van der Waals surface area contributed by atoms with E-state index in [1.807, 2.05) is 0 Å². The molecular formula is C18H15ClF3N3O2. The van der Waals surface area contributed by atoms with Gasteiger partial charge >= 0.3 is 0 Å². The van der Waals surface area contributed by atoms with E-state index in [-0.39, 0.29) is 16.3 Å². The fraction of sp³-hybridized carbons (Fsp3) is 0.278. The Balaban J connectivity index is 1.95. The Labute approximate surface area is 158 Å². The van der Waals surface area contributed by atoms with E-state index in [4.69, 9.17) is 11.6 Å². The highest BCUT2D eigenvalue weighted by Gasteiger charge is 2.47. The van der Waals surface area contributed by atoms with Crippen LogP contribution >= 0.6 is 11.6 Å². The van der Waals surface area contributed by atoms with Gasteiger partial charge in [-0.3, -0.25) is 19.5 Å². The zero-order valence-corrected chi connectivity index (χ0v) is 14.7. The van der Waals surface area contributed by atoms with E-state index in [2.05, 4.69) is 10.3 Å². The minimum Gasteiger partial charge on any atom is -0.351 e. The summed E-state index contributed by atoms with van der Waals surface area (Å²) in [6, 6.07) is 5.38. The Morgan fingerprint density at radius 2 is 2.04 bits per heavy atom. The topological polar surface area (TPSA) is 62.3 Å². The number of carbonyl (C=O) groups excluding carboxylic acids is 2. The van der Waals surface area contributed by atoms with E-state index in [9.17, 15) is 22.8 Å². The molecule has 1 aliphatic carbocycles. The van der Waals surface area contributed by atoms with Crippen molar-refractivity contribution in [1.82, 2.24) is 10.3 Å². The van der Waals surface area contributed by atoms with E-state index in [1.165, 1.54) is 18.3 Å². The Kier molecular flexibility index (Phi) is 5.36. The van der Waals surface area contributed by atoms with Gasteiger partial charge in [0.1, 0.15) is 11.9 Å². The lowest BCUT2D eigenvalue weighted by atomic mass is 9.88. The summed E-state index contributed by atoms with van der Waals surface area (Å²) in [4.78, 5) is 29.2. The second kappa shape index (κ2) is 7.56. The summed E-state index contributed by atoms with van der Waals surface area (Å²) in [5.41, 5.74) is 0.308. The molecule has 1 fully saturated rings. The number of amides is 2. The third-order valence-electron chi connectivity index (χ3n) is 4.26. The van der Waals surface area contributed by atoms with Crippen molar-refractivity contribution in [3.05, 3.63) is 59.1 Å². The van der Waals surface area contributed by atoms with Gasteiger partial charge in [-0.1, -0.05) is 29.8 Å². The number of hydrogen-bond acceptors (Lipinski definition) is 3. The number of anilines is 1. The molecule has 0 spiro atoms. The third-order valence-corrected chi connectivity index (χ3v) is 4.61. The largest absolute Gasteiger partial charge is 0.351 e. The summed E-state index contributed by atoms with van der Waals surface area (Å²) in [5.74, 6) is -4.20. The molecular weight excluding hydrogens is 383 g/mol. The Bertz CT molecular complexity index is 857. The van der Waals surface area contributed by atoms with Gasteiger partial charge in [0.25, 0.3) is 5.92 Å². The van der Waals surface area contributed by atoms with Gasteiger partial charge in [0, 0.05) is 35.5 Å². The highest BCUT2D eigenvalue weighted by molar-refractivity contribution is 6.31. The second-order valence-electron chi connectivity index (χ2n) is 6.27. The number of carbonyl (C=O) groups is 2. The predicted molar refractivity (Wildman–Crippen MR) is 93.0 cm³/mol. The molecule has 142 valence electrons. The standard InChI is InChI=1S/C18H15ClF3N3O2/c19-15-4-2-1-3-14(15)16(17(27)24-12-6-18(21,22)7-12)25(10-26)13-5-11(20)8-23-9-13/h1-5,8-10,12,16H,6-7H2,(H,24,27). The number of nitrogens with zero attached hydrogens (tertiary/aromatic N) is 2. The van der Waals surface area contributed by atoms with Gasteiger partial charge in [-0.25, -0.2) is 13.2 Å². The van der Waals surface area contributed by atoms with Crippen molar-refractivity contribution in [3.63, 3.8) is 0 Å². The number of rotatable bonds is 6. The van der Waals surface area contributed by atoms with Crippen LogP contribution in [0.2, 0.25) is 5.02 Å². The molecule has 1 aliphatic rings. The summed E-state index contributed by atoms with van der Waals surface area (Å²) < 4.78 is 39.7. The van der Waals surface area contributed by atoms with Gasteiger partial charge in [-0.2, -0.15) is 0 Å². The van der Waals surface area contributed by atoms with Crippen molar-refractivity contribution in [2.24, 2.45) is 0 Å². The number of hydrogen-bond donors (Lipinski definition) is 1. The van der Waals surface area contributed by atoms with Gasteiger partial charge in [0.15, 0.2) is 0 Å². The van der Waals surface area contributed by atoms with Crippen LogP contribution in [-0.4, -0.2) is 29.3 Å². The first-order chi connectivity index (χ1) is 12.8. The zero-order chi connectivity index (χ0) is 19.6. The van der Waals surface area contributed by atoms with E-state index in [0.717, 1.165) is 17.2 Å². The van der Waals surface area contributed by atoms with Gasteiger partial charge in [-0.05, 0) is 6.07 Å². The highest BCUT2D eigenvalue weighted by atomic mass is 35.5. The summed E-state index contributed by atoms with van der Waals surface area (Å²) in [7, 11) is 0. The lowest BCUT2D eigenvalue weighted by molar-refractivity contribution is -0.131. The van der Waals surface area contributed by atoms with Crippen molar-refractivity contribution in [2.45, 2.75) is 30.8 Å². The van der Waals surface area contributed by atoms with Crippen molar-refractivity contribution >= 4 is 29.6 Å². The molecule has 0 radical (unpaired) electrons. The Hall–Kier alpha value is -2.61. The van der Waals surface area contributed by atoms with Crippen LogP contribution in [0.3, 0.4) is 0 Å². The van der Waals surface area contributed by atoms with E-state index >= 15 is 0 Å². The molecule has 0 saturated heterocycles. The lowest BCUT2D eigenvalue weighted by Crippen LogP contribution is -2.53. The van der Waals surface area contributed by atoms with Gasteiger partial charge in [0.05, 0.1) is 18.1 Å². The molecule has 5 nitrogen and oxygen atoms in total. The highest BCUT2D eigenvalue weighted by Crippen LogP contribution is 2.38. The van der Waals surface area contributed by atoms with Crippen LogP contribution in [0.5, 0.6) is 0 Å². The van der Waals surface area contributed by atoms with Crippen LogP contribution in [0.25, 0.3) is 0 Å². The molecule has 1 heterocycles. The summed E-state index contributed by atoms with van der Waals surface area (Å²) >= 11 is 6.18. The quantitative estimate of drug-likeness (QED) is 0.759. The van der Waals surface area contributed by atoms with Crippen LogP contribution in [0.1, 0.15) is 24.4 Å². The zero-order valence-electron chi connectivity index (χ0n) is 13.9. The number of benzene rings is 1. The number of nitrogens with one attached hydrogen (secondary N) is 1. The summed E-state index contributed by atoms with van der Waals surface area (Å²) in [6.45, 7) is 0. The monoisotopic (exact) mass is 397 g/mol. The number of pyridine rings is 1. The molecule has 0 bridgehead atoms. The molecule has 1 unspecified atom stereocenters. The SMILES string of the molecule is O=CN(c1cncc(F)c1)C(C(=O)NC1CC(F)(F)C1)c1ccccc1Cl. The van der Waals surface area contributed by atoms with Crippen molar-refractivity contribution in [2.75, 3.05) is 4.90 Å². The van der Waals surface area contributed by atoms with Crippen LogP contribution < -0.4 is 10.2 Å². The van der Waals surface area contributed by atoms with Crippen molar-refractivity contribution in [3.8, 4) is 0 Å². The summed E-state index contributed by atoms with van der Waals surface area (Å²) in [6.07, 6.45) is 1.56. The second-order valence-corrected chi connectivity index (χ2v) is 6.67. The average molecular weight is 398 g/mol. The first-order valence-corrected chi connectivity index (χ1v) is 8.45. The first kappa shape index (κ1) is 19.2. The number of halogens is 4. The number of aromatic nitrogens is 1. The van der Waals surface area contributed by atoms with E-state index < -0.39 is 42.6 Å². The minimum absolute atomic E-state index is 0.0315. The summed E-state index contributed by atoms with van der Waals surface area (Å²) in [5, 5.41) is 2.71. The van der Waals surface area contributed by atoms with E-state index in [0.29, 0.717) is 6.41 Å².